The molecule has 3 saturated heterocycles. The number of nitrogens with one attached hydrogen (secondary N) is 2. The molecule has 304 valence electrons. The second kappa shape index (κ2) is 20.0. The topological polar surface area (TPSA) is 374 Å². The summed E-state index contributed by atoms with van der Waals surface area (Å²) in [6.07, 6.45) is -19.4. The standard InChI is InChI=1S/C30H59FN8O13/c31-12(7-33)19(41)27(46)39-15-6-14(36)24(50-28-13(35)3-2-11(47-28)9-38-5-1-4-32)26(20(15)42)52-30-23(45)25(17(10-40)49-30)51-29-18(37)22(44)21(43)16(8-34)48-29/h11-26,28-30,38,40-45H,1-10,32-37H2,(H,39,46)/t11-,12+,13+,14-,15+,16-,17+,18+,19-,20-,21+,22+,23+,24+,25+,26+,28+,29+,30-/m0/s1. The van der Waals surface area contributed by atoms with Gasteiger partial charge in [-0.15, -0.1) is 0 Å². The van der Waals surface area contributed by atoms with E-state index in [9.17, 15) is 39.8 Å². The molecule has 4 rings (SSSR count). The minimum Gasteiger partial charge on any atom is -0.394 e. The van der Waals surface area contributed by atoms with Crippen LogP contribution in [0.1, 0.15) is 25.7 Å². The van der Waals surface area contributed by atoms with Crippen LogP contribution in [0.5, 0.6) is 0 Å². The third-order valence-electron chi connectivity index (χ3n) is 9.94. The van der Waals surface area contributed by atoms with Crippen LogP contribution in [0, 0.1) is 0 Å². The lowest BCUT2D eigenvalue weighted by Crippen LogP contribution is -2.67. The lowest BCUT2D eigenvalue weighted by Gasteiger charge is -2.46. The second-order valence-corrected chi connectivity index (χ2v) is 13.8. The Balaban J connectivity index is 1.54. The number of carbonyl (C=O) groups excluding carboxylic acids is 1. The molecule has 0 bridgehead atoms. The van der Waals surface area contributed by atoms with Crippen molar-refractivity contribution in [2.45, 2.75) is 142 Å². The van der Waals surface area contributed by atoms with Crippen LogP contribution in [-0.2, 0) is 33.2 Å². The maximum atomic E-state index is 14.1. The molecule has 0 spiro atoms. The lowest BCUT2D eigenvalue weighted by molar-refractivity contribution is -0.290. The fourth-order valence-electron chi connectivity index (χ4n) is 6.79. The van der Waals surface area contributed by atoms with Crippen molar-refractivity contribution in [3.05, 3.63) is 0 Å². The van der Waals surface area contributed by atoms with Crippen molar-refractivity contribution in [2.75, 3.05) is 39.3 Å². The van der Waals surface area contributed by atoms with Gasteiger partial charge in [-0.2, -0.15) is 0 Å². The van der Waals surface area contributed by atoms with E-state index in [-0.39, 0.29) is 19.1 Å². The maximum Gasteiger partial charge on any atom is 0.252 e. The first-order valence-corrected chi connectivity index (χ1v) is 17.7. The van der Waals surface area contributed by atoms with E-state index in [2.05, 4.69) is 10.6 Å². The van der Waals surface area contributed by atoms with Gasteiger partial charge >= 0.3 is 0 Å². The SMILES string of the molecule is NCCCNC[C@@H]1CC[C@@H](N)[C@@H](O[C@H]2[C@H](O[C@@H]3O[C@H](CO)[C@@H](O[C@H]4O[C@@H](CN)[C@@H](O)[C@H](O)[C@H]4N)[C@H]3O)[C@@H](O)[C@H](NC(=O)[C@@H](O)[C@H](F)CN)C[C@@H]2N)O1. The Hall–Kier alpha value is -1.36. The molecule has 0 aromatic rings. The third kappa shape index (κ3) is 10.3. The van der Waals surface area contributed by atoms with E-state index in [1.165, 1.54) is 0 Å². The average molecular weight is 759 g/mol. The zero-order chi connectivity index (χ0) is 38.3. The highest BCUT2D eigenvalue weighted by molar-refractivity contribution is 5.81. The Bertz CT molecular complexity index is 1100. The number of hydrogen-bond donors (Lipinski definition) is 14. The summed E-state index contributed by atoms with van der Waals surface area (Å²) in [7, 11) is 0. The highest BCUT2D eigenvalue weighted by Crippen LogP contribution is 2.34. The van der Waals surface area contributed by atoms with E-state index in [0.717, 1.165) is 6.42 Å². The Morgan fingerprint density at radius 3 is 2.15 bits per heavy atom. The molecule has 22 heteroatoms. The molecule has 0 aromatic heterocycles. The quantitative estimate of drug-likeness (QED) is 0.0612. The molecular formula is C30H59FN8O13. The first-order valence-electron chi connectivity index (χ1n) is 17.7. The third-order valence-corrected chi connectivity index (χ3v) is 9.94. The van der Waals surface area contributed by atoms with Gasteiger partial charge < -0.3 is 104 Å². The minimum absolute atomic E-state index is 0.137. The summed E-state index contributed by atoms with van der Waals surface area (Å²) in [5.41, 5.74) is 35.4. The molecule has 0 aromatic carbocycles. The molecule has 19 atom stereocenters. The van der Waals surface area contributed by atoms with Gasteiger partial charge in [0.25, 0.3) is 5.91 Å². The van der Waals surface area contributed by atoms with Crippen molar-refractivity contribution in [2.24, 2.45) is 34.4 Å². The number of ether oxygens (including phenoxy) is 6. The van der Waals surface area contributed by atoms with Gasteiger partial charge in [-0.05, 0) is 38.8 Å². The summed E-state index contributed by atoms with van der Waals surface area (Å²) < 4.78 is 49.9. The molecule has 0 unspecified atom stereocenters. The summed E-state index contributed by atoms with van der Waals surface area (Å²) in [6.45, 7) is 0.160. The second-order valence-electron chi connectivity index (χ2n) is 13.8. The molecule has 1 saturated carbocycles. The molecule has 3 heterocycles. The number of halogens is 1. The molecule has 20 N–H and O–H groups in total. The Labute approximate surface area is 300 Å². The van der Waals surface area contributed by atoms with E-state index in [1.54, 1.807) is 0 Å². The van der Waals surface area contributed by atoms with Crippen molar-refractivity contribution in [3.8, 4) is 0 Å². The van der Waals surface area contributed by atoms with Crippen molar-refractivity contribution in [1.82, 2.24) is 10.6 Å². The molecule has 21 nitrogen and oxygen atoms in total. The zero-order valence-corrected chi connectivity index (χ0v) is 28.9. The largest absolute Gasteiger partial charge is 0.394 e. The van der Waals surface area contributed by atoms with E-state index < -0.39 is 129 Å². The smallest absolute Gasteiger partial charge is 0.252 e. The summed E-state index contributed by atoms with van der Waals surface area (Å²) in [5.74, 6) is -1.16. The summed E-state index contributed by atoms with van der Waals surface area (Å²) in [4.78, 5) is 12.7. The highest BCUT2D eigenvalue weighted by Gasteiger charge is 2.54. The summed E-state index contributed by atoms with van der Waals surface area (Å²) in [6, 6.07) is -4.12. The maximum absolute atomic E-state index is 14.1. The number of alkyl halides is 1. The Morgan fingerprint density at radius 1 is 0.827 bits per heavy atom. The number of amides is 1. The number of aliphatic hydroxyl groups excluding tert-OH is 6. The van der Waals surface area contributed by atoms with Crippen molar-refractivity contribution < 1.29 is 68.2 Å². The molecule has 3 aliphatic heterocycles. The van der Waals surface area contributed by atoms with Gasteiger partial charge in [-0.1, -0.05) is 0 Å². The van der Waals surface area contributed by atoms with E-state index >= 15 is 0 Å². The predicted molar refractivity (Wildman–Crippen MR) is 177 cm³/mol. The van der Waals surface area contributed by atoms with Crippen LogP contribution in [0.2, 0.25) is 0 Å². The van der Waals surface area contributed by atoms with Gasteiger partial charge in [-0.25, -0.2) is 4.39 Å². The molecule has 52 heavy (non-hydrogen) atoms. The Kier molecular flexibility index (Phi) is 16.7. The lowest BCUT2D eigenvalue weighted by atomic mass is 9.83. The molecular weight excluding hydrogens is 699 g/mol. The number of aliphatic hydroxyl groups is 6. The van der Waals surface area contributed by atoms with Crippen LogP contribution in [0.25, 0.3) is 0 Å². The van der Waals surface area contributed by atoms with Gasteiger partial charge in [0.1, 0.15) is 61.1 Å². The first-order chi connectivity index (χ1) is 24.8. The molecule has 1 aliphatic carbocycles. The van der Waals surface area contributed by atoms with Gasteiger partial charge in [0.05, 0.1) is 30.8 Å². The van der Waals surface area contributed by atoms with E-state index in [0.29, 0.717) is 32.5 Å². The highest BCUT2D eigenvalue weighted by atomic mass is 19.1. The van der Waals surface area contributed by atoms with Crippen LogP contribution in [0.15, 0.2) is 0 Å². The van der Waals surface area contributed by atoms with E-state index in [1.807, 2.05) is 0 Å². The van der Waals surface area contributed by atoms with Crippen molar-refractivity contribution >= 4 is 5.91 Å². The number of hydrogen-bond acceptors (Lipinski definition) is 20. The average Bonchev–Trinajstić information content (AvgIpc) is 3.43. The van der Waals surface area contributed by atoms with Crippen LogP contribution in [-0.4, -0.2) is 192 Å². The number of carbonyl (C=O) groups is 1. The number of nitrogens with two attached hydrogens (primary N) is 6. The summed E-state index contributed by atoms with van der Waals surface area (Å²) >= 11 is 0. The number of rotatable bonds is 17. The van der Waals surface area contributed by atoms with Gasteiger partial charge in [-0.3, -0.25) is 4.79 Å². The van der Waals surface area contributed by atoms with Crippen molar-refractivity contribution in [1.29, 1.82) is 0 Å². The fraction of sp³-hybridized carbons (Fsp3) is 0.967. The summed E-state index contributed by atoms with van der Waals surface area (Å²) in [5, 5.41) is 69.5. The zero-order valence-electron chi connectivity index (χ0n) is 28.9. The monoisotopic (exact) mass is 758 g/mol. The first kappa shape index (κ1) is 43.4. The fourth-order valence-corrected chi connectivity index (χ4v) is 6.79. The molecule has 4 fully saturated rings. The van der Waals surface area contributed by atoms with Crippen LogP contribution in [0.3, 0.4) is 0 Å². The van der Waals surface area contributed by atoms with Gasteiger partial charge in [0.15, 0.2) is 25.0 Å². The molecule has 4 aliphatic rings. The Morgan fingerprint density at radius 2 is 1.50 bits per heavy atom. The van der Waals surface area contributed by atoms with Gasteiger partial charge in [0, 0.05) is 25.7 Å². The normalized spacial score (nSPS) is 44.0. The van der Waals surface area contributed by atoms with Gasteiger partial charge in [0.2, 0.25) is 0 Å². The predicted octanol–water partition coefficient (Wildman–Crippen LogP) is -8.04. The minimum atomic E-state index is -2.14. The van der Waals surface area contributed by atoms with Crippen LogP contribution < -0.4 is 45.0 Å². The molecule has 0 radical (unpaired) electrons. The van der Waals surface area contributed by atoms with Crippen LogP contribution in [0.4, 0.5) is 4.39 Å². The molecule has 1 amide bonds. The van der Waals surface area contributed by atoms with E-state index in [4.69, 9.17) is 62.8 Å². The van der Waals surface area contributed by atoms with Crippen molar-refractivity contribution in [3.63, 3.8) is 0 Å². The van der Waals surface area contributed by atoms with Crippen LogP contribution >= 0.6 is 0 Å².